The molecule has 0 aliphatic carbocycles. The maximum absolute atomic E-state index is 12.5. The van der Waals surface area contributed by atoms with Crippen LogP contribution in [0.2, 0.25) is 0 Å². The maximum atomic E-state index is 12.5. The molecule has 0 aliphatic heterocycles. The van der Waals surface area contributed by atoms with Crippen LogP contribution in [-0.4, -0.2) is 34.4 Å². The average Bonchev–Trinajstić information content (AvgIpc) is 3.30. The Morgan fingerprint density at radius 1 is 1.29 bits per heavy atom. The molecule has 5 nitrogen and oxygen atoms in total. The number of nitrogens with one attached hydrogen (secondary N) is 2. The van der Waals surface area contributed by atoms with E-state index >= 15 is 0 Å². The van der Waals surface area contributed by atoms with Crippen molar-refractivity contribution in [2.45, 2.75) is 6.42 Å². The number of benzene rings is 1. The smallest absolute Gasteiger partial charge is 0.255 e. The van der Waals surface area contributed by atoms with Crippen LogP contribution in [0.5, 0.6) is 0 Å². The highest BCUT2D eigenvalue weighted by atomic mass is 32.1. The molecule has 3 rings (SSSR count). The number of nitrogens with zero attached hydrogens (tertiary/aromatic N) is 1. The highest BCUT2D eigenvalue weighted by molar-refractivity contribution is 7.07. The van der Waals surface area contributed by atoms with Crippen molar-refractivity contribution in [2.24, 2.45) is 5.92 Å². The second-order valence-corrected chi connectivity index (χ2v) is 6.40. The van der Waals surface area contributed by atoms with E-state index in [0.29, 0.717) is 17.8 Å². The van der Waals surface area contributed by atoms with Gasteiger partial charge in [0, 0.05) is 24.6 Å². The van der Waals surface area contributed by atoms with Gasteiger partial charge in [-0.3, -0.25) is 9.89 Å². The van der Waals surface area contributed by atoms with Crippen molar-refractivity contribution in [3.05, 3.63) is 64.5 Å². The Bertz CT molecular complexity index is 769. The Morgan fingerprint density at radius 2 is 2.12 bits per heavy atom. The van der Waals surface area contributed by atoms with Gasteiger partial charge in [-0.05, 0) is 28.8 Å². The van der Waals surface area contributed by atoms with Gasteiger partial charge in [0.15, 0.2) is 0 Å². The van der Waals surface area contributed by atoms with Gasteiger partial charge in [0.2, 0.25) is 0 Å². The normalized spacial score (nSPS) is 12.0. The minimum Gasteiger partial charge on any atom is -0.396 e. The third-order valence-electron chi connectivity index (χ3n) is 3.86. The second kappa shape index (κ2) is 7.90. The molecule has 2 aromatic heterocycles. The molecule has 0 bridgehead atoms. The van der Waals surface area contributed by atoms with E-state index < -0.39 is 0 Å². The minimum atomic E-state index is -0.189. The fraction of sp³-hybridized carbons (Fsp3) is 0.222. The first kappa shape index (κ1) is 16.4. The summed E-state index contributed by atoms with van der Waals surface area (Å²) in [6.07, 6.45) is 2.28. The monoisotopic (exact) mass is 341 g/mol. The number of H-pyrrole nitrogens is 1. The molecule has 124 valence electrons. The van der Waals surface area contributed by atoms with E-state index in [0.717, 1.165) is 12.0 Å². The number of aliphatic hydroxyl groups is 1. The predicted molar refractivity (Wildman–Crippen MR) is 95.0 cm³/mol. The van der Waals surface area contributed by atoms with Gasteiger partial charge in [0.25, 0.3) is 5.91 Å². The zero-order valence-corrected chi connectivity index (χ0v) is 13.9. The van der Waals surface area contributed by atoms with Gasteiger partial charge in [-0.15, -0.1) is 0 Å². The van der Waals surface area contributed by atoms with Crippen molar-refractivity contribution in [1.29, 1.82) is 0 Å². The van der Waals surface area contributed by atoms with Crippen LogP contribution < -0.4 is 5.32 Å². The standard InChI is InChI=1S/C18H19N3O2S/c22-11-14(8-13-6-7-24-12-13)9-19-18(23)16-10-20-21-17(16)15-4-2-1-3-5-15/h1-7,10,12,14,22H,8-9,11H2,(H,19,23)(H,20,21)/t14-/m1/s1. The lowest BCUT2D eigenvalue weighted by molar-refractivity contribution is 0.0940. The number of carbonyl (C=O) groups is 1. The van der Waals surface area contributed by atoms with Gasteiger partial charge < -0.3 is 10.4 Å². The van der Waals surface area contributed by atoms with Gasteiger partial charge in [0.05, 0.1) is 17.5 Å². The Kier molecular flexibility index (Phi) is 5.40. The van der Waals surface area contributed by atoms with Gasteiger partial charge in [-0.25, -0.2) is 0 Å². The number of hydrogen-bond donors (Lipinski definition) is 3. The number of carbonyl (C=O) groups excluding carboxylic acids is 1. The number of amides is 1. The van der Waals surface area contributed by atoms with Crippen molar-refractivity contribution in [3.8, 4) is 11.3 Å². The summed E-state index contributed by atoms with van der Waals surface area (Å²) in [4.78, 5) is 12.5. The molecule has 0 unspecified atom stereocenters. The fourth-order valence-electron chi connectivity index (χ4n) is 2.56. The van der Waals surface area contributed by atoms with E-state index in [1.807, 2.05) is 41.8 Å². The van der Waals surface area contributed by atoms with Crippen molar-refractivity contribution < 1.29 is 9.90 Å². The van der Waals surface area contributed by atoms with Crippen molar-refractivity contribution >= 4 is 17.2 Å². The molecule has 1 atom stereocenters. The number of thiophene rings is 1. The Balaban J connectivity index is 1.64. The van der Waals surface area contributed by atoms with E-state index in [9.17, 15) is 9.90 Å². The van der Waals surface area contributed by atoms with E-state index in [1.165, 1.54) is 11.8 Å². The number of aliphatic hydroxyl groups excluding tert-OH is 1. The van der Waals surface area contributed by atoms with E-state index in [-0.39, 0.29) is 18.4 Å². The molecule has 2 heterocycles. The molecule has 3 aromatic rings. The van der Waals surface area contributed by atoms with E-state index in [4.69, 9.17) is 0 Å². The molecule has 0 saturated heterocycles. The first-order valence-electron chi connectivity index (χ1n) is 7.77. The van der Waals surface area contributed by atoms with Gasteiger partial charge in [0.1, 0.15) is 0 Å². The second-order valence-electron chi connectivity index (χ2n) is 5.62. The van der Waals surface area contributed by atoms with Crippen LogP contribution in [0.25, 0.3) is 11.3 Å². The zero-order valence-electron chi connectivity index (χ0n) is 13.1. The lowest BCUT2D eigenvalue weighted by atomic mass is 10.0. The quantitative estimate of drug-likeness (QED) is 0.618. The van der Waals surface area contributed by atoms with Gasteiger partial charge >= 0.3 is 0 Å². The summed E-state index contributed by atoms with van der Waals surface area (Å²) in [6.45, 7) is 0.456. The molecular weight excluding hydrogens is 322 g/mol. The maximum Gasteiger partial charge on any atom is 0.255 e. The van der Waals surface area contributed by atoms with Crippen LogP contribution in [0.3, 0.4) is 0 Å². The molecule has 3 N–H and O–H groups in total. The van der Waals surface area contributed by atoms with E-state index in [1.54, 1.807) is 11.3 Å². The molecule has 0 aliphatic rings. The molecule has 1 aromatic carbocycles. The topological polar surface area (TPSA) is 78.0 Å². The lowest BCUT2D eigenvalue weighted by Crippen LogP contribution is -2.31. The summed E-state index contributed by atoms with van der Waals surface area (Å²) in [7, 11) is 0. The Labute approximate surface area is 144 Å². The molecule has 0 radical (unpaired) electrons. The number of hydrogen-bond acceptors (Lipinski definition) is 4. The fourth-order valence-corrected chi connectivity index (χ4v) is 3.24. The number of rotatable bonds is 7. The number of aromatic amines is 1. The van der Waals surface area contributed by atoms with E-state index in [2.05, 4.69) is 20.9 Å². The summed E-state index contributed by atoms with van der Waals surface area (Å²) in [6, 6.07) is 11.7. The molecule has 0 saturated carbocycles. The molecule has 0 spiro atoms. The third kappa shape index (κ3) is 3.90. The van der Waals surface area contributed by atoms with Crippen molar-refractivity contribution in [1.82, 2.24) is 15.5 Å². The zero-order chi connectivity index (χ0) is 16.8. The van der Waals surface area contributed by atoms with Gasteiger partial charge in [-0.2, -0.15) is 16.4 Å². The summed E-state index contributed by atoms with van der Waals surface area (Å²) in [5.74, 6) is -0.193. The predicted octanol–water partition coefficient (Wildman–Crippen LogP) is 2.72. The lowest BCUT2D eigenvalue weighted by Gasteiger charge is -2.14. The average molecular weight is 341 g/mol. The molecule has 1 amide bonds. The molecular formula is C18H19N3O2S. The van der Waals surface area contributed by atoms with Crippen LogP contribution in [0.4, 0.5) is 0 Å². The molecule has 0 fully saturated rings. The third-order valence-corrected chi connectivity index (χ3v) is 4.59. The molecule has 6 heteroatoms. The Hall–Kier alpha value is -2.44. The highest BCUT2D eigenvalue weighted by Crippen LogP contribution is 2.20. The summed E-state index contributed by atoms with van der Waals surface area (Å²) in [5.41, 5.74) is 3.30. The summed E-state index contributed by atoms with van der Waals surface area (Å²) < 4.78 is 0. The first-order valence-corrected chi connectivity index (χ1v) is 8.71. The first-order chi connectivity index (χ1) is 11.8. The largest absolute Gasteiger partial charge is 0.396 e. The van der Waals surface area contributed by atoms with Crippen LogP contribution in [0.1, 0.15) is 15.9 Å². The Morgan fingerprint density at radius 3 is 2.83 bits per heavy atom. The highest BCUT2D eigenvalue weighted by Gasteiger charge is 2.17. The summed E-state index contributed by atoms with van der Waals surface area (Å²) >= 11 is 1.63. The van der Waals surface area contributed by atoms with Crippen LogP contribution in [-0.2, 0) is 6.42 Å². The van der Waals surface area contributed by atoms with Crippen LogP contribution >= 0.6 is 11.3 Å². The van der Waals surface area contributed by atoms with Crippen molar-refractivity contribution in [3.63, 3.8) is 0 Å². The van der Waals surface area contributed by atoms with Crippen LogP contribution in [0.15, 0.2) is 53.4 Å². The number of aromatic nitrogens is 2. The summed E-state index contributed by atoms with van der Waals surface area (Å²) in [5, 5.41) is 23.4. The van der Waals surface area contributed by atoms with Crippen molar-refractivity contribution in [2.75, 3.05) is 13.2 Å². The minimum absolute atomic E-state index is 0.00405. The van der Waals surface area contributed by atoms with Crippen LogP contribution in [0, 0.1) is 5.92 Å². The van der Waals surface area contributed by atoms with Gasteiger partial charge in [-0.1, -0.05) is 30.3 Å². The molecule has 24 heavy (non-hydrogen) atoms. The SMILES string of the molecule is O=C(NC[C@H](CO)Cc1ccsc1)c1cn[nH]c1-c1ccccc1.